The Kier molecular flexibility index (Phi) is 8.57. The summed E-state index contributed by atoms with van der Waals surface area (Å²) in [5.74, 6) is 0.612. The zero-order chi connectivity index (χ0) is 20.8. The zero-order valence-corrected chi connectivity index (χ0v) is 20.3. The van der Waals surface area contributed by atoms with E-state index in [4.69, 9.17) is 0 Å². The Morgan fingerprint density at radius 1 is 1.06 bits per heavy atom. The molecule has 31 heavy (non-hydrogen) atoms. The number of anilines is 2. The second-order valence-electron chi connectivity index (χ2n) is 7.88. The quantitative estimate of drug-likeness (QED) is 0.261. The molecule has 1 atom stereocenters. The standard InChI is InChI=1S/C24H30FN5.HI/c1-26-24(27-17-19-9-11-22(12-10-19)29-13-2-3-14-29)28-21-7-5-15-30(18-21)23-8-4-6-20(25)16-23;/h2-4,6,8-12,16,21H,5,7,13-15,17-18H2,1H3,(H2,26,27,28);1H. The second kappa shape index (κ2) is 11.4. The minimum absolute atomic E-state index is 0. The third-order valence-electron chi connectivity index (χ3n) is 5.74. The van der Waals surface area contributed by atoms with Crippen LogP contribution in [0.25, 0.3) is 0 Å². The zero-order valence-electron chi connectivity index (χ0n) is 17.9. The van der Waals surface area contributed by atoms with Crippen molar-refractivity contribution in [2.45, 2.75) is 25.4 Å². The van der Waals surface area contributed by atoms with Crippen molar-refractivity contribution in [1.29, 1.82) is 0 Å². The third kappa shape index (κ3) is 6.35. The van der Waals surface area contributed by atoms with E-state index < -0.39 is 0 Å². The van der Waals surface area contributed by atoms with Crippen molar-refractivity contribution in [3.8, 4) is 0 Å². The van der Waals surface area contributed by atoms with Crippen molar-refractivity contribution < 1.29 is 4.39 Å². The lowest BCUT2D eigenvalue weighted by molar-refractivity contribution is 0.467. The Bertz CT molecular complexity index is 891. The van der Waals surface area contributed by atoms with Crippen LogP contribution in [-0.4, -0.2) is 45.2 Å². The minimum Gasteiger partial charge on any atom is -0.369 e. The van der Waals surface area contributed by atoms with Crippen LogP contribution in [0.4, 0.5) is 15.8 Å². The summed E-state index contributed by atoms with van der Waals surface area (Å²) >= 11 is 0. The van der Waals surface area contributed by atoms with Crippen LogP contribution in [0, 0.1) is 5.82 Å². The molecule has 166 valence electrons. The molecule has 0 saturated carbocycles. The van der Waals surface area contributed by atoms with Crippen LogP contribution in [0.3, 0.4) is 0 Å². The summed E-state index contributed by atoms with van der Waals surface area (Å²) in [6.45, 7) is 4.48. The normalized spacial score (nSPS) is 18.6. The van der Waals surface area contributed by atoms with Gasteiger partial charge in [0.15, 0.2) is 5.96 Å². The molecule has 0 aromatic heterocycles. The molecule has 0 bridgehead atoms. The molecule has 7 heteroatoms. The molecule has 2 aromatic carbocycles. The van der Waals surface area contributed by atoms with Crippen molar-refractivity contribution in [3.63, 3.8) is 0 Å². The van der Waals surface area contributed by atoms with Crippen LogP contribution in [0.2, 0.25) is 0 Å². The first kappa shape index (κ1) is 23.4. The van der Waals surface area contributed by atoms with E-state index >= 15 is 0 Å². The monoisotopic (exact) mass is 535 g/mol. The Morgan fingerprint density at radius 3 is 2.55 bits per heavy atom. The van der Waals surface area contributed by atoms with E-state index in [1.165, 1.54) is 17.3 Å². The first-order valence-electron chi connectivity index (χ1n) is 10.7. The molecule has 2 aliphatic rings. The third-order valence-corrected chi connectivity index (χ3v) is 5.74. The Labute approximate surface area is 201 Å². The highest BCUT2D eigenvalue weighted by Crippen LogP contribution is 2.21. The predicted octanol–water partition coefficient (Wildman–Crippen LogP) is 4.15. The summed E-state index contributed by atoms with van der Waals surface area (Å²) in [4.78, 5) is 8.97. The molecule has 0 spiro atoms. The van der Waals surface area contributed by atoms with Crippen molar-refractivity contribution in [2.24, 2.45) is 4.99 Å². The maximum atomic E-state index is 13.6. The second-order valence-corrected chi connectivity index (χ2v) is 7.88. The predicted molar refractivity (Wildman–Crippen MR) is 138 cm³/mol. The molecular weight excluding hydrogens is 504 g/mol. The summed E-state index contributed by atoms with van der Waals surface area (Å²) < 4.78 is 13.6. The van der Waals surface area contributed by atoms with Gasteiger partial charge in [-0.1, -0.05) is 30.4 Å². The van der Waals surface area contributed by atoms with E-state index in [9.17, 15) is 4.39 Å². The van der Waals surface area contributed by atoms with E-state index in [0.717, 1.165) is 57.2 Å². The number of hydrogen-bond acceptors (Lipinski definition) is 3. The average molecular weight is 535 g/mol. The fourth-order valence-corrected chi connectivity index (χ4v) is 4.09. The van der Waals surface area contributed by atoms with Crippen LogP contribution in [0.1, 0.15) is 18.4 Å². The topological polar surface area (TPSA) is 42.9 Å². The van der Waals surface area contributed by atoms with Crippen molar-refractivity contribution in [1.82, 2.24) is 10.6 Å². The summed E-state index contributed by atoms with van der Waals surface area (Å²) in [6.07, 6.45) is 6.54. The van der Waals surface area contributed by atoms with Gasteiger partial charge in [-0.15, -0.1) is 24.0 Å². The molecule has 0 radical (unpaired) electrons. The molecule has 5 nitrogen and oxygen atoms in total. The van der Waals surface area contributed by atoms with Gasteiger partial charge < -0.3 is 20.4 Å². The average Bonchev–Trinajstić information content (AvgIpc) is 3.32. The van der Waals surface area contributed by atoms with Gasteiger partial charge in [0.1, 0.15) is 5.82 Å². The van der Waals surface area contributed by atoms with Gasteiger partial charge in [-0.2, -0.15) is 0 Å². The van der Waals surface area contributed by atoms with Gasteiger partial charge >= 0.3 is 0 Å². The fourth-order valence-electron chi connectivity index (χ4n) is 4.09. The van der Waals surface area contributed by atoms with Crippen LogP contribution >= 0.6 is 24.0 Å². The molecule has 2 heterocycles. The smallest absolute Gasteiger partial charge is 0.191 e. The maximum Gasteiger partial charge on any atom is 0.191 e. The van der Waals surface area contributed by atoms with Gasteiger partial charge in [0, 0.05) is 57.2 Å². The van der Waals surface area contributed by atoms with E-state index in [2.05, 4.69) is 61.8 Å². The number of piperidine rings is 1. The molecule has 2 aromatic rings. The lowest BCUT2D eigenvalue weighted by atomic mass is 10.0. The molecule has 2 N–H and O–H groups in total. The molecule has 1 unspecified atom stereocenters. The highest BCUT2D eigenvalue weighted by atomic mass is 127. The fraction of sp³-hybridized carbons (Fsp3) is 0.375. The highest BCUT2D eigenvalue weighted by Gasteiger charge is 2.21. The Morgan fingerprint density at radius 2 is 1.84 bits per heavy atom. The lowest BCUT2D eigenvalue weighted by Gasteiger charge is -2.35. The molecule has 0 aliphatic carbocycles. The maximum absolute atomic E-state index is 13.6. The van der Waals surface area contributed by atoms with E-state index in [0.29, 0.717) is 0 Å². The first-order valence-corrected chi connectivity index (χ1v) is 10.7. The molecule has 1 saturated heterocycles. The number of rotatable bonds is 5. The number of hydrogen-bond donors (Lipinski definition) is 2. The van der Waals surface area contributed by atoms with Crippen molar-refractivity contribution >= 4 is 41.3 Å². The minimum atomic E-state index is -0.188. The number of guanidine groups is 1. The van der Waals surface area contributed by atoms with Gasteiger partial charge in [-0.3, -0.25) is 4.99 Å². The van der Waals surface area contributed by atoms with Crippen LogP contribution in [0.5, 0.6) is 0 Å². The molecule has 1 fully saturated rings. The summed E-state index contributed by atoms with van der Waals surface area (Å²) in [7, 11) is 1.80. The largest absolute Gasteiger partial charge is 0.369 e. The number of aliphatic imine (C=N–C) groups is 1. The van der Waals surface area contributed by atoms with Gasteiger partial charge in [0.2, 0.25) is 0 Å². The van der Waals surface area contributed by atoms with Crippen LogP contribution in [-0.2, 0) is 6.54 Å². The highest BCUT2D eigenvalue weighted by molar-refractivity contribution is 14.0. The lowest BCUT2D eigenvalue weighted by Crippen LogP contribution is -2.51. The Hall–Kier alpha value is -2.29. The van der Waals surface area contributed by atoms with Gasteiger partial charge in [-0.05, 0) is 48.7 Å². The van der Waals surface area contributed by atoms with E-state index in [-0.39, 0.29) is 35.8 Å². The SMILES string of the molecule is CN=C(NCc1ccc(N2CC=CC2)cc1)NC1CCCN(c2cccc(F)c2)C1.I. The van der Waals surface area contributed by atoms with Crippen LogP contribution in [0.15, 0.2) is 65.7 Å². The van der Waals surface area contributed by atoms with Crippen LogP contribution < -0.4 is 20.4 Å². The number of halogens is 2. The number of nitrogens with one attached hydrogen (secondary N) is 2. The van der Waals surface area contributed by atoms with Gasteiger partial charge in [0.05, 0.1) is 0 Å². The van der Waals surface area contributed by atoms with E-state index in [1.54, 1.807) is 19.2 Å². The van der Waals surface area contributed by atoms with Crippen molar-refractivity contribution in [3.05, 3.63) is 72.1 Å². The molecule has 4 rings (SSSR count). The van der Waals surface area contributed by atoms with Crippen molar-refractivity contribution in [2.75, 3.05) is 43.0 Å². The number of nitrogens with zero attached hydrogens (tertiary/aromatic N) is 3. The number of benzene rings is 2. The van der Waals surface area contributed by atoms with Gasteiger partial charge in [0.25, 0.3) is 0 Å². The molecular formula is C24H31FIN5. The summed E-state index contributed by atoms with van der Waals surface area (Å²) in [5.41, 5.74) is 3.42. The first-order chi connectivity index (χ1) is 14.7. The van der Waals surface area contributed by atoms with Gasteiger partial charge in [-0.25, -0.2) is 4.39 Å². The summed E-state index contributed by atoms with van der Waals surface area (Å²) in [5, 5.41) is 6.95. The summed E-state index contributed by atoms with van der Waals surface area (Å²) in [6, 6.07) is 15.8. The van der Waals surface area contributed by atoms with E-state index in [1.807, 2.05) is 6.07 Å². The molecule has 2 aliphatic heterocycles. The Balaban J connectivity index is 0.00000272. The molecule has 0 amide bonds.